The van der Waals surface area contributed by atoms with Crippen LogP contribution in [0.1, 0.15) is 0 Å². The number of rotatable bonds is 7. The molecule has 1 aliphatic rings. The quantitative estimate of drug-likeness (QED) is 0.165. The molecule has 15 heteroatoms. The average molecular weight is 587 g/mol. The van der Waals surface area contributed by atoms with Crippen LogP contribution in [-0.4, -0.2) is 95.1 Å². The Morgan fingerprint density at radius 2 is 1.76 bits per heavy atom. The summed E-state index contributed by atoms with van der Waals surface area (Å²) < 4.78 is 25.9. The Morgan fingerprint density at radius 3 is 2.35 bits per heavy atom. The number of β-amino-alcohol motifs (C(OH)–C–C–N with tert-alkyl or cyclic N) is 4. The number of aliphatic hydroxyl groups is 7. The molecule has 2 aromatic carbocycles. The van der Waals surface area contributed by atoms with E-state index < -0.39 is 49.1 Å². The smallest absolute Gasteiger partial charge is 0.346 e. The van der Waals surface area contributed by atoms with Crippen molar-refractivity contribution in [2.24, 2.45) is 5.92 Å². The highest BCUT2D eigenvalue weighted by Crippen LogP contribution is 2.38. The molecule has 1 fully saturated rings. The molecule has 0 bridgehead atoms. The number of nitrogens with one attached hydrogen (secondary N) is 1. The van der Waals surface area contributed by atoms with E-state index >= 15 is 0 Å². The van der Waals surface area contributed by atoms with Crippen molar-refractivity contribution in [1.29, 1.82) is 0 Å². The molecule has 8 N–H and O–H groups in total. The van der Waals surface area contributed by atoms with Gasteiger partial charge < -0.3 is 50.5 Å². The number of ether oxygens (including phenoxy) is 2. The van der Waals surface area contributed by atoms with Gasteiger partial charge in [-0.25, -0.2) is 19.3 Å². The molecular formula is C22H24BrFN4O9. The summed E-state index contributed by atoms with van der Waals surface area (Å²) >= 11 is 3.20. The van der Waals surface area contributed by atoms with Gasteiger partial charge in [-0.15, -0.1) is 0 Å². The zero-order valence-corrected chi connectivity index (χ0v) is 20.8. The number of anilines is 2. The predicted molar refractivity (Wildman–Crippen MR) is 128 cm³/mol. The topological polar surface area (TPSA) is 201 Å². The Hall–Kier alpha value is -2.73. The molecule has 0 spiro atoms. The van der Waals surface area contributed by atoms with E-state index in [9.17, 15) is 40.1 Å². The third-order valence-electron chi connectivity index (χ3n) is 5.90. The third kappa shape index (κ3) is 5.74. The van der Waals surface area contributed by atoms with Crippen LogP contribution in [0.15, 0.2) is 41.1 Å². The lowest BCUT2D eigenvalue weighted by atomic mass is 9.85. The average Bonchev–Trinajstić information content (AvgIpc) is 2.78. The number of aromatic nitrogens is 2. The second kappa shape index (κ2) is 9.86. The Bertz CT molecular complexity index is 1290. The van der Waals surface area contributed by atoms with Crippen molar-refractivity contribution in [3.63, 3.8) is 0 Å². The van der Waals surface area contributed by atoms with Crippen LogP contribution >= 0.6 is 15.9 Å². The predicted octanol–water partition coefficient (Wildman–Crippen LogP) is -0.456. The molecule has 2 heterocycles. The molecule has 1 aliphatic heterocycles. The highest BCUT2D eigenvalue weighted by Gasteiger charge is 2.57. The Morgan fingerprint density at radius 1 is 1.08 bits per heavy atom. The van der Waals surface area contributed by atoms with Gasteiger partial charge in [-0.3, -0.25) is 0 Å². The fourth-order valence-electron chi connectivity index (χ4n) is 4.01. The zero-order chi connectivity index (χ0) is 27.2. The van der Waals surface area contributed by atoms with Crippen LogP contribution in [0.5, 0.6) is 11.5 Å². The van der Waals surface area contributed by atoms with E-state index in [1.807, 2.05) is 0 Å². The second-order valence-electron chi connectivity index (χ2n) is 8.57. The maximum absolute atomic E-state index is 14.3. The minimum Gasteiger partial charge on any atom is -0.493 e. The van der Waals surface area contributed by atoms with E-state index in [1.54, 1.807) is 6.07 Å². The maximum Gasteiger partial charge on any atom is 0.346 e. The van der Waals surface area contributed by atoms with Crippen LogP contribution in [0.3, 0.4) is 0 Å². The molecule has 37 heavy (non-hydrogen) atoms. The van der Waals surface area contributed by atoms with Crippen LogP contribution in [0.2, 0.25) is 0 Å². The summed E-state index contributed by atoms with van der Waals surface area (Å²) in [6, 6.07) is 7.39. The van der Waals surface area contributed by atoms with Crippen molar-refractivity contribution in [2.75, 3.05) is 32.1 Å². The number of benzene rings is 2. The highest BCUT2D eigenvalue weighted by atomic mass is 79.9. The summed E-state index contributed by atoms with van der Waals surface area (Å²) in [5.41, 5.74) is 0.501. The van der Waals surface area contributed by atoms with Gasteiger partial charge in [0, 0.05) is 15.9 Å². The van der Waals surface area contributed by atoms with Gasteiger partial charge in [0.1, 0.15) is 30.5 Å². The van der Waals surface area contributed by atoms with Crippen LogP contribution in [-0.2, 0) is 0 Å². The Kier molecular flexibility index (Phi) is 7.28. The van der Waals surface area contributed by atoms with E-state index in [4.69, 9.17) is 9.47 Å². The number of fused-ring (bicyclic) bond motifs is 1. The number of hydrogen-bond acceptors (Lipinski definition) is 13. The van der Waals surface area contributed by atoms with E-state index in [2.05, 4.69) is 31.2 Å². The number of methoxy groups -OCH3 is 1. The van der Waals surface area contributed by atoms with E-state index in [0.717, 1.165) is 0 Å². The van der Waals surface area contributed by atoms with E-state index in [1.165, 1.54) is 37.7 Å². The van der Waals surface area contributed by atoms with Crippen molar-refractivity contribution < 1.29 is 49.6 Å². The molecule has 1 saturated heterocycles. The number of piperidine rings is 1. The third-order valence-corrected chi connectivity index (χ3v) is 6.39. The summed E-state index contributed by atoms with van der Waals surface area (Å²) in [5.74, 6) is -7.68. The number of likely N-dealkylation sites (tertiary alicyclic amines) is 1. The molecular weight excluding hydrogens is 563 g/mol. The molecule has 0 unspecified atom stereocenters. The van der Waals surface area contributed by atoms with Gasteiger partial charge in [0.2, 0.25) is 0 Å². The van der Waals surface area contributed by atoms with E-state index in [-0.39, 0.29) is 27.9 Å². The summed E-state index contributed by atoms with van der Waals surface area (Å²) in [6.45, 7) is -2.57. The molecule has 4 rings (SSSR count). The fraction of sp³-hybridized carbons (Fsp3) is 0.364. The first-order valence-corrected chi connectivity index (χ1v) is 11.5. The molecule has 200 valence electrons. The van der Waals surface area contributed by atoms with E-state index in [0.29, 0.717) is 15.4 Å². The van der Waals surface area contributed by atoms with Crippen LogP contribution in [0.4, 0.5) is 15.9 Å². The highest BCUT2D eigenvalue weighted by molar-refractivity contribution is 9.10. The van der Waals surface area contributed by atoms with Crippen LogP contribution in [0.25, 0.3) is 10.9 Å². The van der Waals surface area contributed by atoms with Crippen molar-refractivity contribution >= 4 is 38.3 Å². The van der Waals surface area contributed by atoms with Gasteiger partial charge in [-0.05, 0) is 24.3 Å². The summed E-state index contributed by atoms with van der Waals surface area (Å²) in [6.07, 6.45) is -2.29. The standard InChI is InChI=1S/C22H24BrFN4O9/c1-36-16-5-12-15(25-10-26-19(12)27-14-3-2-11(23)4-13(14)24)6-17(16)37-7-18-20(29,30)8-28(22(33,34)35)9-21(18,31)32/h2-6,10,18,29-35H,7-9H2,1H3,(H,25,26,27). The molecule has 0 saturated carbocycles. The van der Waals surface area contributed by atoms with Crippen LogP contribution in [0, 0.1) is 11.7 Å². The molecule has 1 aromatic heterocycles. The fourth-order valence-corrected chi connectivity index (χ4v) is 4.35. The van der Waals surface area contributed by atoms with Crippen molar-refractivity contribution in [3.8, 4) is 11.5 Å². The molecule has 0 amide bonds. The first-order valence-electron chi connectivity index (χ1n) is 10.7. The zero-order valence-electron chi connectivity index (χ0n) is 19.2. The molecule has 3 aromatic rings. The van der Waals surface area contributed by atoms with Gasteiger partial charge >= 0.3 is 6.10 Å². The molecule has 0 aliphatic carbocycles. The Labute approximate surface area is 217 Å². The normalized spacial score (nSPS) is 18.1. The summed E-state index contributed by atoms with van der Waals surface area (Å²) in [5, 5.41) is 72.8. The SMILES string of the molecule is COc1cc2c(Nc3ccc(Br)cc3F)ncnc2cc1OCC1C(O)(O)CN(C(O)(O)O)CC1(O)O. The van der Waals surface area contributed by atoms with Gasteiger partial charge in [-0.1, -0.05) is 15.9 Å². The number of nitrogens with zero attached hydrogens (tertiary/aromatic N) is 3. The van der Waals surface area contributed by atoms with Gasteiger partial charge in [0.05, 0.1) is 31.4 Å². The van der Waals surface area contributed by atoms with Crippen molar-refractivity contribution in [3.05, 3.63) is 46.9 Å². The first kappa shape index (κ1) is 27.3. The Balaban J connectivity index is 1.61. The minimum absolute atomic E-state index is 0.0457. The number of hydrogen-bond donors (Lipinski definition) is 8. The molecule has 13 nitrogen and oxygen atoms in total. The van der Waals surface area contributed by atoms with Crippen molar-refractivity contribution in [2.45, 2.75) is 17.7 Å². The second-order valence-corrected chi connectivity index (χ2v) is 9.48. The summed E-state index contributed by atoms with van der Waals surface area (Å²) in [7, 11) is 1.34. The van der Waals surface area contributed by atoms with Gasteiger partial charge in [-0.2, -0.15) is 0 Å². The van der Waals surface area contributed by atoms with Crippen LogP contribution < -0.4 is 14.8 Å². The van der Waals surface area contributed by atoms with Crippen molar-refractivity contribution in [1.82, 2.24) is 14.9 Å². The first-order chi connectivity index (χ1) is 17.2. The van der Waals surface area contributed by atoms with Gasteiger partial charge in [0.25, 0.3) is 0 Å². The molecule has 0 atom stereocenters. The minimum atomic E-state index is -3.52. The van der Waals surface area contributed by atoms with Gasteiger partial charge in [0.15, 0.2) is 23.1 Å². The lowest BCUT2D eigenvalue weighted by Gasteiger charge is -2.49. The maximum atomic E-state index is 14.3. The largest absolute Gasteiger partial charge is 0.493 e. The lowest BCUT2D eigenvalue weighted by molar-refractivity contribution is -0.442. The summed E-state index contributed by atoms with van der Waals surface area (Å²) in [4.78, 5) is 8.58. The number of halogens is 2. The molecule has 0 radical (unpaired) electrons. The lowest BCUT2D eigenvalue weighted by Crippen LogP contribution is -2.72. The monoisotopic (exact) mass is 586 g/mol.